The van der Waals surface area contributed by atoms with Crippen molar-refractivity contribution in [2.45, 2.75) is 12.2 Å². The van der Waals surface area contributed by atoms with E-state index in [4.69, 9.17) is 25.8 Å². The summed E-state index contributed by atoms with van der Waals surface area (Å²) < 4.78 is 9.58. The number of hydrogen-bond donors (Lipinski definition) is 4. The van der Waals surface area contributed by atoms with E-state index in [0.717, 1.165) is 0 Å². The predicted octanol–water partition coefficient (Wildman–Crippen LogP) is -2.78. The average Bonchev–Trinajstić information content (AvgIpc) is 2.26. The Kier molecular flexibility index (Phi) is 8.15. The van der Waals surface area contributed by atoms with Gasteiger partial charge in [0.25, 0.3) is 0 Å². The minimum Gasteiger partial charge on any atom is -0.457 e. The maximum Gasteiger partial charge on any atom is 0.320 e. The number of aliphatic hydroxyl groups is 3. The molecule has 0 saturated heterocycles. The summed E-state index contributed by atoms with van der Waals surface area (Å²) in [6.07, 6.45) is -1.78. The molecule has 90 valence electrons. The van der Waals surface area contributed by atoms with Gasteiger partial charge in [0.1, 0.15) is 12.2 Å². The zero-order chi connectivity index (χ0) is 11.7. The van der Waals surface area contributed by atoms with Gasteiger partial charge in [-0.1, -0.05) is 0 Å². The quantitative estimate of drug-likeness (QED) is 0.328. The van der Waals surface area contributed by atoms with E-state index >= 15 is 0 Å². The molecule has 0 radical (unpaired) electrons. The lowest BCUT2D eigenvalue weighted by Gasteiger charge is -2.16. The summed E-state index contributed by atoms with van der Waals surface area (Å²) in [7, 11) is 0. The van der Waals surface area contributed by atoms with E-state index in [1.165, 1.54) is 0 Å². The first kappa shape index (κ1) is 14.3. The van der Waals surface area contributed by atoms with Gasteiger partial charge in [-0.15, -0.1) is 0 Å². The Morgan fingerprint density at radius 3 is 2.40 bits per heavy atom. The molecule has 0 aromatic heterocycles. The predicted molar refractivity (Wildman–Crippen MR) is 49.9 cm³/mol. The summed E-state index contributed by atoms with van der Waals surface area (Å²) in [6.45, 7) is -1.21. The Morgan fingerprint density at radius 1 is 1.27 bits per heavy atom. The molecule has 0 fully saturated rings. The van der Waals surface area contributed by atoms with Gasteiger partial charge in [-0.2, -0.15) is 0 Å². The minimum absolute atomic E-state index is 0.0562. The summed E-state index contributed by atoms with van der Waals surface area (Å²) in [5, 5.41) is 26.1. The number of rotatable bonds is 8. The Bertz CT molecular complexity index is 177. The van der Waals surface area contributed by atoms with E-state index in [1.807, 2.05) is 0 Å². The number of carbonyl (C=O) groups is 1. The smallest absolute Gasteiger partial charge is 0.320 e. The first-order valence-corrected chi connectivity index (χ1v) is 4.51. The van der Waals surface area contributed by atoms with E-state index in [2.05, 4.69) is 4.74 Å². The van der Waals surface area contributed by atoms with Crippen molar-refractivity contribution in [3.63, 3.8) is 0 Å². The first-order chi connectivity index (χ1) is 7.13. The van der Waals surface area contributed by atoms with Gasteiger partial charge in [0.2, 0.25) is 0 Å². The third kappa shape index (κ3) is 7.23. The molecule has 7 nitrogen and oxygen atoms in total. The Labute approximate surface area is 87.4 Å². The second kappa shape index (κ2) is 8.57. The molecule has 0 aliphatic heterocycles. The Hall–Kier alpha value is -0.730. The van der Waals surface area contributed by atoms with Gasteiger partial charge >= 0.3 is 5.97 Å². The molecule has 5 N–H and O–H groups in total. The van der Waals surface area contributed by atoms with Crippen molar-refractivity contribution in [3.05, 3.63) is 0 Å². The number of carbonyl (C=O) groups excluding carboxylic acids is 1. The lowest BCUT2D eigenvalue weighted by Crippen LogP contribution is -2.32. The summed E-state index contributed by atoms with van der Waals surface area (Å²) in [5.41, 5.74) is 5.00. The van der Waals surface area contributed by atoms with Crippen LogP contribution in [0.5, 0.6) is 0 Å². The molecule has 15 heavy (non-hydrogen) atoms. The third-order valence-electron chi connectivity index (χ3n) is 1.49. The first-order valence-electron chi connectivity index (χ1n) is 4.51. The van der Waals surface area contributed by atoms with Crippen LogP contribution in [0.25, 0.3) is 0 Å². The molecule has 0 bridgehead atoms. The summed E-state index contributed by atoms with van der Waals surface area (Å²) in [5.74, 6) is -0.639. The molecule has 2 unspecified atom stereocenters. The molecule has 0 aromatic carbocycles. The highest BCUT2D eigenvalue weighted by Gasteiger charge is 2.13. The van der Waals surface area contributed by atoms with E-state index in [0.29, 0.717) is 0 Å². The van der Waals surface area contributed by atoms with Crippen LogP contribution in [0.1, 0.15) is 0 Å². The monoisotopic (exact) mass is 223 g/mol. The summed E-state index contributed by atoms with van der Waals surface area (Å²) >= 11 is 0. The molecular formula is C8H17NO6. The number of esters is 1. The highest BCUT2D eigenvalue weighted by molar-refractivity contribution is 5.71. The van der Waals surface area contributed by atoms with E-state index in [-0.39, 0.29) is 26.4 Å². The average molecular weight is 223 g/mol. The van der Waals surface area contributed by atoms with Crippen molar-refractivity contribution < 1.29 is 29.6 Å². The van der Waals surface area contributed by atoms with E-state index in [1.54, 1.807) is 0 Å². The molecule has 0 heterocycles. The molecule has 0 spiro atoms. The zero-order valence-corrected chi connectivity index (χ0v) is 8.33. The van der Waals surface area contributed by atoms with Crippen LogP contribution in [-0.2, 0) is 14.3 Å². The van der Waals surface area contributed by atoms with Gasteiger partial charge in [-0.25, -0.2) is 0 Å². The zero-order valence-electron chi connectivity index (χ0n) is 8.33. The van der Waals surface area contributed by atoms with Crippen LogP contribution in [-0.4, -0.2) is 66.5 Å². The minimum atomic E-state index is -0.977. The lowest BCUT2D eigenvalue weighted by atomic mass is 10.4. The van der Waals surface area contributed by atoms with Gasteiger partial charge in [0, 0.05) is 0 Å². The molecule has 0 rings (SSSR count). The fourth-order valence-corrected chi connectivity index (χ4v) is 0.746. The van der Waals surface area contributed by atoms with Gasteiger partial charge in [-0.05, 0) is 0 Å². The molecule has 7 heteroatoms. The van der Waals surface area contributed by atoms with Gasteiger partial charge < -0.3 is 30.5 Å². The fraction of sp³-hybridized carbons (Fsp3) is 0.875. The van der Waals surface area contributed by atoms with Crippen molar-refractivity contribution in [1.29, 1.82) is 0 Å². The molecule has 0 amide bonds. The largest absolute Gasteiger partial charge is 0.457 e. The molecule has 0 aromatic rings. The van der Waals surface area contributed by atoms with Crippen molar-refractivity contribution in [3.8, 4) is 0 Å². The van der Waals surface area contributed by atoms with Crippen LogP contribution in [0.15, 0.2) is 0 Å². The maximum atomic E-state index is 10.7. The summed E-state index contributed by atoms with van der Waals surface area (Å²) in [4.78, 5) is 10.7. The molecular weight excluding hydrogens is 206 g/mol. The second-order valence-corrected chi connectivity index (χ2v) is 2.87. The highest BCUT2D eigenvalue weighted by Crippen LogP contribution is 1.94. The van der Waals surface area contributed by atoms with Crippen LogP contribution in [0.3, 0.4) is 0 Å². The van der Waals surface area contributed by atoms with E-state index in [9.17, 15) is 4.79 Å². The summed E-state index contributed by atoms with van der Waals surface area (Å²) in [6, 6.07) is 0. The lowest BCUT2D eigenvalue weighted by molar-refractivity contribution is -0.153. The van der Waals surface area contributed by atoms with Crippen molar-refractivity contribution >= 4 is 5.97 Å². The second-order valence-electron chi connectivity index (χ2n) is 2.87. The van der Waals surface area contributed by atoms with Crippen LogP contribution in [0.2, 0.25) is 0 Å². The van der Waals surface area contributed by atoms with Gasteiger partial charge in [0.05, 0.1) is 33.0 Å². The van der Waals surface area contributed by atoms with E-state index < -0.39 is 24.8 Å². The molecule has 2 atom stereocenters. The topological polar surface area (TPSA) is 122 Å². The van der Waals surface area contributed by atoms with Crippen LogP contribution >= 0.6 is 0 Å². The van der Waals surface area contributed by atoms with Gasteiger partial charge in [-0.3, -0.25) is 4.79 Å². The number of hydrogen-bond acceptors (Lipinski definition) is 7. The normalized spacial score (nSPS) is 14.7. The van der Waals surface area contributed by atoms with Crippen molar-refractivity contribution in [2.75, 3.05) is 33.0 Å². The highest BCUT2D eigenvalue weighted by atomic mass is 16.6. The molecule has 0 saturated carbocycles. The number of aliphatic hydroxyl groups excluding tert-OH is 3. The van der Waals surface area contributed by atoms with Crippen molar-refractivity contribution in [1.82, 2.24) is 0 Å². The molecule has 0 aliphatic carbocycles. The number of ether oxygens (including phenoxy) is 2. The SMILES string of the molecule is NCC(=O)OC(CO)COCC(O)CO. The van der Waals surface area contributed by atoms with Crippen LogP contribution in [0, 0.1) is 0 Å². The Balaban J connectivity index is 3.66. The third-order valence-corrected chi connectivity index (χ3v) is 1.49. The van der Waals surface area contributed by atoms with Crippen molar-refractivity contribution in [2.24, 2.45) is 5.73 Å². The molecule has 0 aliphatic rings. The maximum absolute atomic E-state index is 10.7. The number of nitrogens with two attached hydrogens (primary N) is 1. The van der Waals surface area contributed by atoms with Crippen LogP contribution < -0.4 is 5.73 Å². The van der Waals surface area contributed by atoms with Crippen LogP contribution in [0.4, 0.5) is 0 Å². The Morgan fingerprint density at radius 2 is 1.93 bits per heavy atom. The standard InChI is InChI=1S/C8H17NO6/c9-1-8(13)15-7(3-11)5-14-4-6(12)2-10/h6-7,10-12H,1-5,9H2. The fourth-order valence-electron chi connectivity index (χ4n) is 0.746. The van der Waals surface area contributed by atoms with Gasteiger partial charge in [0.15, 0.2) is 0 Å².